The van der Waals surface area contributed by atoms with Crippen LogP contribution in [0.2, 0.25) is 0 Å². The summed E-state index contributed by atoms with van der Waals surface area (Å²) < 4.78 is 2.36. The van der Waals surface area contributed by atoms with Crippen LogP contribution in [-0.2, 0) is 24.3 Å². The fourth-order valence-corrected chi connectivity index (χ4v) is 2.82. The molecule has 0 spiro atoms. The number of hydrogen-bond acceptors (Lipinski definition) is 3. The highest BCUT2D eigenvalue weighted by atomic mass is 16.2. The molecule has 0 fully saturated rings. The van der Waals surface area contributed by atoms with Crippen LogP contribution in [0.1, 0.15) is 18.1 Å². The fraction of sp³-hybridized carbons (Fsp3) is 0.190. The van der Waals surface area contributed by atoms with Crippen molar-refractivity contribution in [2.24, 2.45) is 0 Å². The first-order valence-electron chi connectivity index (χ1n) is 8.80. The van der Waals surface area contributed by atoms with Crippen molar-refractivity contribution in [3.63, 3.8) is 0 Å². The van der Waals surface area contributed by atoms with E-state index in [1.807, 2.05) is 55.5 Å². The number of nitrogens with one attached hydrogen (secondary N) is 1. The van der Waals surface area contributed by atoms with Crippen LogP contribution >= 0.6 is 0 Å². The lowest BCUT2D eigenvalue weighted by atomic mass is 10.1. The van der Waals surface area contributed by atoms with E-state index in [4.69, 9.17) is 0 Å². The van der Waals surface area contributed by atoms with Gasteiger partial charge in [0.15, 0.2) is 0 Å². The predicted octanol–water partition coefficient (Wildman–Crippen LogP) is 2.26. The van der Waals surface area contributed by atoms with Crippen molar-refractivity contribution in [3.8, 4) is 0 Å². The first-order chi connectivity index (χ1) is 13.1. The summed E-state index contributed by atoms with van der Waals surface area (Å²) in [5.74, 6) is -0.417. The summed E-state index contributed by atoms with van der Waals surface area (Å²) in [6.07, 6.45) is 2.31. The molecule has 0 unspecified atom stereocenters. The molecule has 27 heavy (non-hydrogen) atoms. The molecule has 0 aliphatic heterocycles. The van der Waals surface area contributed by atoms with Crippen molar-refractivity contribution in [1.82, 2.24) is 9.13 Å². The van der Waals surface area contributed by atoms with Crippen LogP contribution in [0.15, 0.2) is 76.4 Å². The van der Waals surface area contributed by atoms with Crippen LogP contribution in [-0.4, -0.2) is 15.0 Å². The number of carbonyl (C=O) groups excluding carboxylic acids is 1. The summed E-state index contributed by atoms with van der Waals surface area (Å²) in [5.41, 5.74) is 1.67. The number of nitrogens with zero attached hydrogens (tertiary/aromatic N) is 2. The zero-order valence-corrected chi connectivity index (χ0v) is 15.1. The van der Waals surface area contributed by atoms with E-state index in [0.717, 1.165) is 22.1 Å². The molecule has 0 saturated carbocycles. The fourth-order valence-electron chi connectivity index (χ4n) is 2.82. The molecular weight excluding hydrogens is 342 g/mol. The molecule has 0 saturated heterocycles. The van der Waals surface area contributed by atoms with E-state index >= 15 is 0 Å². The average molecular weight is 363 g/mol. The van der Waals surface area contributed by atoms with Gasteiger partial charge in [0.25, 0.3) is 5.56 Å². The minimum Gasteiger partial charge on any atom is -0.325 e. The third-order valence-corrected chi connectivity index (χ3v) is 4.26. The maximum atomic E-state index is 12.6. The average Bonchev–Trinajstić information content (AvgIpc) is 2.68. The quantitative estimate of drug-likeness (QED) is 0.730. The number of amides is 1. The first-order valence-corrected chi connectivity index (χ1v) is 8.80. The Morgan fingerprint density at radius 1 is 0.963 bits per heavy atom. The van der Waals surface area contributed by atoms with Gasteiger partial charge in [-0.3, -0.25) is 18.7 Å². The molecule has 0 bridgehead atoms. The Morgan fingerprint density at radius 3 is 2.44 bits per heavy atom. The minimum atomic E-state index is -0.510. The Morgan fingerprint density at radius 2 is 1.70 bits per heavy atom. The number of anilines is 1. The molecule has 0 aliphatic rings. The van der Waals surface area contributed by atoms with E-state index in [1.54, 1.807) is 6.07 Å². The van der Waals surface area contributed by atoms with Gasteiger partial charge in [0, 0.05) is 18.0 Å². The molecular formula is C21H21N3O3. The second-order valence-electron chi connectivity index (χ2n) is 6.24. The summed E-state index contributed by atoms with van der Waals surface area (Å²) in [4.78, 5) is 37.1. The molecule has 6 heteroatoms. The van der Waals surface area contributed by atoms with Gasteiger partial charge in [0.2, 0.25) is 5.91 Å². The Balaban J connectivity index is 1.79. The summed E-state index contributed by atoms with van der Waals surface area (Å²) in [5, 5.41) is 2.74. The monoisotopic (exact) mass is 363 g/mol. The number of hydrogen-bond donors (Lipinski definition) is 1. The van der Waals surface area contributed by atoms with Gasteiger partial charge in [-0.25, -0.2) is 4.79 Å². The molecule has 6 nitrogen and oxygen atoms in total. The van der Waals surface area contributed by atoms with Crippen molar-refractivity contribution in [2.45, 2.75) is 26.4 Å². The van der Waals surface area contributed by atoms with Crippen LogP contribution in [0.5, 0.6) is 0 Å². The number of benzene rings is 2. The highest BCUT2D eigenvalue weighted by Crippen LogP contribution is 2.11. The second-order valence-corrected chi connectivity index (χ2v) is 6.24. The Kier molecular flexibility index (Phi) is 5.66. The lowest BCUT2D eigenvalue weighted by Gasteiger charge is -2.11. The van der Waals surface area contributed by atoms with Crippen LogP contribution in [0.4, 0.5) is 5.69 Å². The van der Waals surface area contributed by atoms with Crippen molar-refractivity contribution in [2.75, 3.05) is 5.32 Å². The predicted molar refractivity (Wildman–Crippen MR) is 105 cm³/mol. The molecule has 0 aliphatic carbocycles. The van der Waals surface area contributed by atoms with Gasteiger partial charge in [0.1, 0.15) is 6.54 Å². The third kappa shape index (κ3) is 4.61. The highest BCUT2D eigenvalue weighted by Gasteiger charge is 2.11. The van der Waals surface area contributed by atoms with E-state index < -0.39 is 17.2 Å². The molecule has 0 radical (unpaired) electrons. The van der Waals surface area contributed by atoms with E-state index in [-0.39, 0.29) is 6.54 Å². The van der Waals surface area contributed by atoms with Crippen LogP contribution in [0, 0.1) is 0 Å². The van der Waals surface area contributed by atoms with Gasteiger partial charge in [-0.05, 0) is 29.7 Å². The number of rotatable bonds is 6. The third-order valence-electron chi connectivity index (χ3n) is 4.26. The Hall–Kier alpha value is -3.41. The van der Waals surface area contributed by atoms with Crippen molar-refractivity contribution in [3.05, 3.63) is 98.8 Å². The SMILES string of the molecule is CCc1cccc(NC(=O)Cn2c(=O)ccn(Cc3ccccc3)c2=O)c1. The smallest absolute Gasteiger partial charge is 0.325 e. The summed E-state index contributed by atoms with van der Waals surface area (Å²) in [7, 11) is 0. The molecule has 1 N–H and O–H groups in total. The summed E-state index contributed by atoms with van der Waals surface area (Å²) in [6.45, 7) is 2.03. The molecule has 1 amide bonds. The molecule has 3 aromatic rings. The molecule has 1 heterocycles. The summed E-state index contributed by atoms with van der Waals surface area (Å²) >= 11 is 0. The van der Waals surface area contributed by atoms with Crippen molar-refractivity contribution >= 4 is 11.6 Å². The first kappa shape index (κ1) is 18.4. The number of aromatic nitrogens is 2. The minimum absolute atomic E-state index is 0.330. The number of aryl methyl sites for hydroxylation is 1. The van der Waals surface area contributed by atoms with Gasteiger partial charge in [-0.15, -0.1) is 0 Å². The van der Waals surface area contributed by atoms with E-state index in [9.17, 15) is 14.4 Å². The van der Waals surface area contributed by atoms with Gasteiger partial charge in [0.05, 0.1) is 6.54 Å². The zero-order chi connectivity index (χ0) is 19.2. The topological polar surface area (TPSA) is 73.1 Å². The Bertz CT molecular complexity index is 1050. The maximum Gasteiger partial charge on any atom is 0.331 e. The van der Waals surface area contributed by atoms with Gasteiger partial charge >= 0.3 is 5.69 Å². The number of carbonyl (C=O) groups is 1. The second kappa shape index (κ2) is 8.31. The van der Waals surface area contributed by atoms with E-state index in [0.29, 0.717) is 12.2 Å². The molecule has 2 aromatic carbocycles. The van der Waals surface area contributed by atoms with Crippen molar-refractivity contribution < 1.29 is 4.79 Å². The molecule has 1 aromatic heterocycles. The van der Waals surface area contributed by atoms with E-state index in [1.165, 1.54) is 16.8 Å². The largest absolute Gasteiger partial charge is 0.331 e. The molecule has 138 valence electrons. The molecule has 3 rings (SSSR count). The van der Waals surface area contributed by atoms with E-state index in [2.05, 4.69) is 5.32 Å². The van der Waals surface area contributed by atoms with Crippen LogP contribution < -0.4 is 16.6 Å². The lowest BCUT2D eigenvalue weighted by molar-refractivity contribution is -0.116. The normalized spacial score (nSPS) is 10.6. The zero-order valence-electron chi connectivity index (χ0n) is 15.1. The standard InChI is InChI=1S/C21H21N3O3/c1-2-16-9-6-10-18(13-16)22-19(25)15-24-20(26)11-12-23(21(24)27)14-17-7-4-3-5-8-17/h3-13H,2,14-15H2,1H3,(H,22,25). The van der Waals surface area contributed by atoms with Gasteiger partial charge < -0.3 is 5.32 Å². The van der Waals surface area contributed by atoms with Gasteiger partial charge in [-0.2, -0.15) is 0 Å². The maximum absolute atomic E-state index is 12.6. The highest BCUT2D eigenvalue weighted by molar-refractivity contribution is 5.90. The van der Waals surface area contributed by atoms with Crippen LogP contribution in [0.3, 0.4) is 0 Å². The lowest BCUT2D eigenvalue weighted by Crippen LogP contribution is -2.41. The summed E-state index contributed by atoms with van der Waals surface area (Å²) in [6, 6.07) is 18.2. The van der Waals surface area contributed by atoms with Crippen molar-refractivity contribution in [1.29, 1.82) is 0 Å². The van der Waals surface area contributed by atoms with Crippen LogP contribution in [0.25, 0.3) is 0 Å². The molecule has 0 atom stereocenters. The Labute approximate surface area is 156 Å². The van der Waals surface area contributed by atoms with Gasteiger partial charge in [-0.1, -0.05) is 49.4 Å².